The maximum Gasteiger partial charge on any atom is 0.0771 e. The van der Waals surface area contributed by atoms with Gasteiger partial charge in [0.05, 0.1) is 5.60 Å². The molecule has 0 saturated heterocycles. The normalized spacial score (nSPS) is 19.6. The molecule has 1 aliphatic carbocycles. The second kappa shape index (κ2) is 7.24. The molecular weight excluding hydrogens is 186 g/mol. The lowest BCUT2D eigenvalue weighted by atomic mass is 10.0. The Morgan fingerprint density at radius 3 is 2.40 bits per heavy atom. The molecule has 0 spiro atoms. The maximum atomic E-state index is 10.1. The van der Waals surface area contributed by atoms with E-state index in [9.17, 15) is 5.11 Å². The lowest BCUT2D eigenvalue weighted by Crippen LogP contribution is -2.38. The van der Waals surface area contributed by atoms with Crippen LogP contribution in [0.25, 0.3) is 0 Å². The van der Waals surface area contributed by atoms with E-state index in [1.807, 2.05) is 0 Å². The van der Waals surface area contributed by atoms with E-state index >= 15 is 0 Å². The molecule has 0 amide bonds. The molecule has 1 saturated carbocycles. The van der Waals surface area contributed by atoms with Gasteiger partial charge in [0.2, 0.25) is 0 Å². The van der Waals surface area contributed by atoms with E-state index in [0.717, 1.165) is 25.9 Å². The summed E-state index contributed by atoms with van der Waals surface area (Å²) in [5.74, 6) is 0. The van der Waals surface area contributed by atoms with Crippen LogP contribution in [-0.4, -0.2) is 23.8 Å². The van der Waals surface area contributed by atoms with Gasteiger partial charge in [-0.25, -0.2) is 0 Å². The summed E-state index contributed by atoms with van der Waals surface area (Å²) in [6.45, 7) is 4.13. The third-order valence-electron chi connectivity index (χ3n) is 3.45. The molecule has 2 N–H and O–H groups in total. The van der Waals surface area contributed by atoms with E-state index in [2.05, 4.69) is 12.2 Å². The lowest BCUT2D eigenvalue weighted by Gasteiger charge is -2.22. The minimum atomic E-state index is -0.372. The first-order chi connectivity index (χ1) is 7.27. The van der Waals surface area contributed by atoms with Crippen LogP contribution in [0.5, 0.6) is 0 Å². The summed E-state index contributed by atoms with van der Waals surface area (Å²) in [5.41, 5.74) is -0.372. The summed E-state index contributed by atoms with van der Waals surface area (Å²) in [5, 5.41) is 13.5. The minimum absolute atomic E-state index is 0.372. The Balaban J connectivity index is 1.88. The molecule has 0 aromatic carbocycles. The topological polar surface area (TPSA) is 32.3 Å². The van der Waals surface area contributed by atoms with Crippen LogP contribution in [0.4, 0.5) is 0 Å². The van der Waals surface area contributed by atoms with Crippen LogP contribution >= 0.6 is 0 Å². The number of hydrogen-bond acceptors (Lipinski definition) is 2. The van der Waals surface area contributed by atoms with Gasteiger partial charge in [-0.15, -0.1) is 0 Å². The predicted molar refractivity (Wildman–Crippen MR) is 65.0 cm³/mol. The molecule has 1 aliphatic rings. The van der Waals surface area contributed by atoms with E-state index in [-0.39, 0.29) is 5.60 Å². The fourth-order valence-electron chi connectivity index (χ4n) is 2.38. The molecule has 1 rings (SSSR count). The largest absolute Gasteiger partial charge is 0.389 e. The zero-order valence-corrected chi connectivity index (χ0v) is 10.2. The van der Waals surface area contributed by atoms with Gasteiger partial charge in [0.1, 0.15) is 0 Å². The van der Waals surface area contributed by atoms with Gasteiger partial charge in [-0.3, -0.25) is 0 Å². The Morgan fingerprint density at radius 1 is 1.07 bits per heavy atom. The molecule has 0 atom stereocenters. The first-order valence-electron chi connectivity index (χ1n) is 6.70. The number of rotatable bonds is 8. The summed E-state index contributed by atoms with van der Waals surface area (Å²) < 4.78 is 0. The SMILES string of the molecule is CCCCCCCNCC1(O)CCCC1. The van der Waals surface area contributed by atoms with Gasteiger partial charge in [-0.1, -0.05) is 45.4 Å². The summed E-state index contributed by atoms with van der Waals surface area (Å²) in [7, 11) is 0. The Labute approximate surface area is 94.5 Å². The van der Waals surface area contributed by atoms with Crippen LogP contribution in [0.15, 0.2) is 0 Å². The second-order valence-corrected chi connectivity index (χ2v) is 5.02. The Bertz CT molecular complexity index is 153. The van der Waals surface area contributed by atoms with Crippen molar-refractivity contribution in [2.75, 3.05) is 13.1 Å². The second-order valence-electron chi connectivity index (χ2n) is 5.02. The van der Waals surface area contributed by atoms with E-state index in [4.69, 9.17) is 0 Å². The molecule has 2 nitrogen and oxygen atoms in total. The number of unbranched alkanes of at least 4 members (excludes halogenated alkanes) is 4. The van der Waals surface area contributed by atoms with Crippen LogP contribution in [-0.2, 0) is 0 Å². The first-order valence-corrected chi connectivity index (χ1v) is 6.70. The molecule has 2 heteroatoms. The van der Waals surface area contributed by atoms with Crippen molar-refractivity contribution in [2.45, 2.75) is 70.3 Å². The third kappa shape index (κ3) is 5.53. The molecule has 1 fully saturated rings. The standard InChI is InChI=1S/C13H27NO/c1-2-3-4-5-8-11-14-12-13(15)9-6-7-10-13/h14-15H,2-12H2,1H3. The number of nitrogens with one attached hydrogen (secondary N) is 1. The monoisotopic (exact) mass is 213 g/mol. The van der Waals surface area contributed by atoms with Crippen LogP contribution in [0.2, 0.25) is 0 Å². The average molecular weight is 213 g/mol. The van der Waals surface area contributed by atoms with Crippen molar-refractivity contribution in [3.63, 3.8) is 0 Å². The van der Waals surface area contributed by atoms with Gasteiger partial charge in [0.25, 0.3) is 0 Å². The van der Waals surface area contributed by atoms with Crippen molar-refractivity contribution < 1.29 is 5.11 Å². The van der Waals surface area contributed by atoms with E-state index in [1.54, 1.807) is 0 Å². The van der Waals surface area contributed by atoms with Crippen molar-refractivity contribution >= 4 is 0 Å². The predicted octanol–water partition coefficient (Wildman–Crippen LogP) is 2.85. The Morgan fingerprint density at radius 2 is 1.73 bits per heavy atom. The summed E-state index contributed by atoms with van der Waals surface area (Å²) >= 11 is 0. The fourth-order valence-corrected chi connectivity index (χ4v) is 2.38. The zero-order valence-electron chi connectivity index (χ0n) is 10.2. The van der Waals surface area contributed by atoms with Gasteiger partial charge in [-0.2, -0.15) is 0 Å². The molecule has 90 valence electrons. The van der Waals surface area contributed by atoms with Gasteiger partial charge in [-0.05, 0) is 25.8 Å². The van der Waals surface area contributed by atoms with Crippen molar-refractivity contribution in [2.24, 2.45) is 0 Å². The lowest BCUT2D eigenvalue weighted by molar-refractivity contribution is 0.0479. The highest BCUT2D eigenvalue weighted by molar-refractivity contribution is 4.85. The molecule has 0 aromatic heterocycles. The van der Waals surface area contributed by atoms with E-state index in [0.29, 0.717) is 0 Å². The Hall–Kier alpha value is -0.0800. The average Bonchev–Trinajstić information content (AvgIpc) is 2.64. The smallest absolute Gasteiger partial charge is 0.0771 e. The quantitative estimate of drug-likeness (QED) is 0.608. The van der Waals surface area contributed by atoms with Gasteiger partial charge in [0.15, 0.2) is 0 Å². The molecule has 0 aliphatic heterocycles. The summed E-state index contributed by atoms with van der Waals surface area (Å²) in [6.07, 6.45) is 11.0. The van der Waals surface area contributed by atoms with Crippen LogP contribution < -0.4 is 5.32 Å². The van der Waals surface area contributed by atoms with Gasteiger partial charge in [0, 0.05) is 6.54 Å². The summed E-state index contributed by atoms with van der Waals surface area (Å²) in [4.78, 5) is 0. The Kier molecular flexibility index (Phi) is 6.26. The zero-order chi connectivity index (χ0) is 11.0. The first kappa shape index (κ1) is 13.0. The third-order valence-corrected chi connectivity index (χ3v) is 3.45. The molecular formula is C13H27NO. The van der Waals surface area contributed by atoms with Gasteiger partial charge < -0.3 is 10.4 Å². The summed E-state index contributed by atoms with van der Waals surface area (Å²) in [6, 6.07) is 0. The van der Waals surface area contributed by atoms with Crippen molar-refractivity contribution in [1.29, 1.82) is 0 Å². The van der Waals surface area contributed by atoms with Gasteiger partial charge >= 0.3 is 0 Å². The minimum Gasteiger partial charge on any atom is -0.389 e. The molecule has 0 bridgehead atoms. The number of hydrogen-bond donors (Lipinski definition) is 2. The van der Waals surface area contributed by atoms with Crippen molar-refractivity contribution in [3.8, 4) is 0 Å². The highest BCUT2D eigenvalue weighted by atomic mass is 16.3. The maximum absolute atomic E-state index is 10.1. The molecule has 15 heavy (non-hydrogen) atoms. The van der Waals surface area contributed by atoms with E-state index in [1.165, 1.54) is 44.9 Å². The molecule has 0 aromatic rings. The number of aliphatic hydroxyl groups is 1. The van der Waals surface area contributed by atoms with Crippen LogP contribution in [0.1, 0.15) is 64.7 Å². The van der Waals surface area contributed by atoms with Crippen LogP contribution in [0, 0.1) is 0 Å². The molecule has 0 heterocycles. The van der Waals surface area contributed by atoms with Crippen LogP contribution in [0.3, 0.4) is 0 Å². The molecule has 0 unspecified atom stereocenters. The highest BCUT2D eigenvalue weighted by Gasteiger charge is 2.30. The van der Waals surface area contributed by atoms with E-state index < -0.39 is 0 Å². The fraction of sp³-hybridized carbons (Fsp3) is 1.00. The van der Waals surface area contributed by atoms with Crippen molar-refractivity contribution in [3.05, 3.63) is 0 Å². The molecule has 0 radical (unpaired) electrons. The highest BCUT2D eigenvalue weighted by Crippen LogP contribution is 2.28. The van der Waals surface area contributed by atoms with Crippen molar-refractivity contribution in [1.82, 2.24) is 5.32 Å².